The fourth-order valence-electron chi connectivity index (χ4n) is 6.18. The molecule has 4 N–H and O–H groups in total. The Labute approximate surface area is 172 Å². The van der Waals surface area contributed by atoms with Gasteiger partial charge in [0, 0.05) is 16.1 Å². The first kappa shape index (κ1) is 19.7. The lowest BCUT2D eigenvalue weighted by molar-refractivity contribution is -0.710. The molecule has 0 spiro atoms. The minimum Gasteiger partial charge on any atom is -0.332 e. The molecule has 0 heterocycles. The zero-order valence-electron chi connectivity index (χ0n) is 16.7. The molecular formula is C22H31ClN3O2+. The van der Waals surface area contributed by atoms with E-state index in [0.29, 0.717) is 5.02 Å². The number of hydrogen-bond donors (Lipinski definition) is 3. The van der Waals surface area contributed by atoms with E-state index in [1.807, 2.05) is 43.4 Å². The highest BCUT2D eigenvalue weighted by atomic mass is 35.5. The van der Waals surface area contributed by atoms with Crippen molar-refractivity contribution in [3.05, 3.63) is 34.9 Å². The summed E-state index contributed by atoms with van der Waals surface area (Å²) in [6.07, 6.45) is 7.22. The number of amides is 3. The van der Waals surface area contributed by atoms with Crippen molar-refractivity contribution in [3.63, 3.8) is 0 Å². The van der Waals surface area contributed by atoms with Gasteiger partial charge < -0.3 is 10.6 Å². The van der Waals surface area contributed by atoms with Crippen LogP contribution in [-0.4, -0.2) is 23.5 Å². The maximum Gasteiger partial charge on any atom is 0.322 e. The first-order valence-corrected chi connectivity index (χ1v) is 10.9. The van der Waals surface area contributed by atoms with Crippen LogP contribution in [0, 0.1) is 17.8 Å². The van der Waals surface area contributed by atoms with Crippen LogP contribution in [-0.2, 0) is 4.79 Å². The average Bonchev–Trinajstić information content (AvgIpc) is 2.59. The number of imide groups is 1. The van der Waals surface area contributed by atoms with Crippen LogP contribution in [0.15, 0.2) is 24.3 Å². The van der Waals surface area contributed by atoms with Crippen molar-refractivity contribution in [3.8, 4) is 0 Å². The van der Waals surface area contributed by atoms with Gasteiger partial charge in [-0.2, -0.15) is 0 Å². The van der Waals surface area contributed by atoms with Crippen LogP contribution < -0.4 is 16.0 Å². The monoisotopic (exact) mass is 404 g/mol. The summed E-state index contributed by atoms with van der Waals surface area (Å²) in [5.41, 5.74) is 0.977. The molecule has 152 valence electrons. The largest absolute Gasteiger partial charge is 0.332 e. The first-order valence-electron chi connectivity index (χ1n) is 10.6. The van der Waals surface area contributed by atoms with Crippen LogP contribution in [0.25, 0.3) is 0 Å². The predicted molar refractivity (Wildman–Crippen MR) is 109 cm³/mol. The Morgan fingerprint density at radius 2 is 1.71 bits per heavy atom. The second kappa shape index (κ2) is 7.68. The number of rotatable bonds is 5. The van der Waals surface area contributed by atoms with E-state index in [0.717, 1.165) is 42.6 Å². The van der Waals surface area contributed by atoms with Gasteiger partial charge in [-0.25, -0.2) is 4.79 Å². The molecule has 5 rings (SSSR count). The van der Waals surface area contributed by atoms with Crippen LogP contribution in [0.2, 0.25) is 5.02 Å². The maximum absolute atomic E-state index is 12.6. The molecule has 6 heteroatoms. The Hall–Kier alpha value is -1.59. The van der Waals surface area contributed by atoms with Gasteiger partial charge in [-0.1, -0.05) is 23.7 Å². The summed E-state index contributed by atoms with van der Waals surface area (Å²) >= 11 is 6.06. The number of halogens is 1. The fraction of sp³-hybridized carbons (Fsp3) is 0.636. The first-order chi connectivity index (χ1) is 13.3. The van der Waals surface area contributed by atoms with Crippen LogP contribution in [0.3, 0.4) is 0 Å². The smallest absolute Gasteiger partial charge is 0.322 e. The van der Waals surface area contributed by atoms with Crippen LogP contribution in [0.1, 0.15) is 64.0 Å². The Bertz CT molecular complexity index is 731. The van der Waals surface area contributed by atoms with Gasteiger partial charge in [-0.15, -0.1) is 0 Å². The Balaban J connectivity index is 1.30. The third-order valence-electron chi connectivity index (χ3n) is 7.02. The normalized spacial score (nSPS) is 32.6. The van der Waals surface area contributed by atoms with E-state index in [-0.39, 0.29) is 29.6 Å². The molecule has 4 aliphatic carbocycles. The van der Waals surface area contributed by atoms with Crippen molar-refractivity contribution in [1.29, 1.82) is 0 Å². The zero-order chi connectivity index (χ0) is 19.9. The number of quaternary nitrogens is 1. The lowest BCUT2D eigenvalue weighted by Crippen LogP contribution is -2.92. The van der Waals surface area contributed by atoms with E-state index >= 15 is 0 Å². The van der Waals surface area contributed by atoms with E-state index < -0.39 is 0 Å². The summed E-state index contributed by atoms with van der Waals surface area (Å²) in [5, 5.41) is 8.42. The molecule has 0 aromatic heterocycles. The molecule has 4 fully saturated rings. The molecule has 5 nitrogen and oxygen atoms in total. The van der Waals surface area contributed by atoms with Gasteiger partial charge in [-0.3, -0.25) is 10.1 Å². The van der Waals surface area contributed by atoms with Crippen LogP contribution >= 0.6 is 11.6 Å². The summed E-state index contributed by atoms with van der Waals surface area (Å²) in [6, 6.07) is 7.03. The van der Waals surface area contributed by atoms with Crippen molar-refractivity contribution in [2.45, 2.75) is 70.0 Å². The summed E-state index contributed by atoms with van der Waals surface area (Å²) in [6.45, 7) is 3.86. The van der Waals surface area contributed by atoms with Gasteiger partial charge in [-0.05, 0) is 82.3 Å². The molecule has 1 aromatic rings. The number of nitrogens with two attached hydrogens (primary N) is 1. The van der Waals surface area contributed by atoms with Gasteiger partial charge in [0.2, 0.25) is 0 Å². The predicted octanol–water partition coefficient (Wildman–Crippen LogP) is 3.15. The molecular weight excluding hydrogens is 374 g/mol. The van der Waals surface area contributed by atoms with E-state index in [9.17, 15) is 9.59 Å². The molecule has 0 unspecified atom stereocenters. The van der Waals surface area contributed by atoms with E-state index in [4.69, 9.17) is 11.6 Å². The summed E-state index contributed by atoms with van der Waals surface area (Å²) < 4.78 is 0. The Morgan fingerprint density at radius 1 is 1.11 bits per heavy atom. The average molecular weight is 405 g/mol. The number of benzene rings is 1. The SMILES string of the molecule is C[C@H]([NH2+][C@@H](C)c1cccc(Cl)c1)C(=O)NC(=O)NC12CC3CC(CC(C3)C1)C2. The van der Waals surface area contributed by atoms with Crippen molar-refractivity contribution in [1.82, 2.24) is 10.6 Å². The van der Waals surface area contributed by atoms with Gasteiger partial charge in [0.15, 0.2) is 6.04 Å². The zero-order valence-corrected chi connectivity index (χ0v) is 17.5. The molecule has 3 amide bonds. The van der Waals surface area contributed by atoms with Crippen molar-refractivity contribution >= 4 is 23.5 Å². The Kier molecular flexibility index (Phi) is 5.41. The number of nitrogens with one attached hydrogen (secondary N) is 2. The maximum atomic E-state index is 12.6. The third-order valence-corrected chi connectivity index (χ3v) is 7.25. The second-order valence-electron chi connectivity index (χ2n) is 9.47. The molecule has 0 radical (unpaired) electrons. The highest BCUT2D eigenvalue weighted by molar-refractivity contribution is 6.30. The number of hydrogen-bond acceptors (Lipinski definition) is 2. The molecule has 0 aliphatic heterocycles. The molecule has 4 saturated carbocycles. The van der Waals surface area contributed by atoms with Gasteiger partial charge in [0.05, 0.1) is 0 Å². The highest BCUT2D eigenvalue weighted by Crippen LogP contribution is 2.55. The van der Waals surface area contributed by atoms with E-state index in [1.54, 1.807) is 0 Å². The second-order valence-corrected chi connectivity index (χ2v) is 9.90. The van der Waals surface area contributed by atoms with Gasteiger partial charge in [0.25, 0.3) is 5.91 Å². The van der Waals surface area contributed by atoms with E-state index in [1.165, 1.54) is 19.3 Å². The fourth-order valence-corrected chi connectivity index (χ4v) is 6.38. The van der Waals surface area contributed by atoms with Crippen molar-refractivity contribution in [2.75, 3.05) is 0 Å². The standard InChI is InChI=1S/C22H30ClN3O2/c1-13(18-4-3-5-19(23)9-18)24-14(2)20(27)25-21(28)26-22-10-15-6-16(11-22)8-17(7-15)12-22/h3-5,9,13-17,24H,6-8,10-12H2,1-2H3,(H2,25,26,27,28)/p+1/t13-,14-,15?,16?,17?,22?/m0/s1. The van der Waals surface area contributed by atoms with Gasteiger partial charge in [0.1, 0.15) is 6.04 Å². The summed E-state index contributed by atoms with van der Waals surface area (Å²) in [7, 11) is 0. The van der Waals surface area contributed by atoms with Crippen LogP contribution in [0.5, 0.6) is 0 Å². The molecule has 0 saturated heterocycles. The third kappa shape index (κ3) is 4.20. The van der Waals surface area contributed by atoms with Crippen molar-refractivity contribution in [2.24, 2.45) is 17.8 Å². The van der Waals surface area contributed by atoms with E-state index in [2.05, 4.69) is 10.6 Å². The molecule has 4 aliphatic rings. The van der Waals surface area contributed by atoms with Gasteiger partial charge >= 0.3 is 6.03 Å². The summed E-state index contributed by atoms with van der Waals surface area (Å²) in [5.74, 6) is 2.02. The quantitative estimate of drug-likeness (QED) is 0.705. The van der Waals surface area contributed by atoms with Crippen LogP contribution in [0.4, 0.5) is 4.79 Å². The number of carbonyl (C=O) groups is 2. The Morgan fingerprint density at radius 3 is 2.29 bits per heavy atom. The minimum absolute atomic E-state index is 0.0747. The molecule has 1 aromatic carbocycles. The molecule has 2 atom stereocenters. The molecule has 4 bridgehead atoms. The topological polar surface area (TPSA) is 74.8 Å². The number of carbonyl (C=O) groups excluding carboxylic acids is 2. The number of urea groups is 1. The lowest BCUT2D eigenvalue weighted by atomic mass is 9.53. The summed E-state index contributed by atoms with van der Waals surface area (Å²) in [4.78, 5) is 25.1. The lowest BCUT2D eigenvalue weighted by Gasteiger charge is -2.56. The minimum atomic E-state index is -0.365. The highest BCUT2D eigenvalue weighted by Gasteiger charge is 2.51. The van der Waals surface area contributed by atoms with Crippen molar-refractivity contribution < 1.29 is 14.9 Å². The molecule has 28 heavy (non-hydrogen) atoms.